The SMILES string of the molecule is CC1=CCC=CC(C)=C1C(C)C. The molecule has 66 valence electrons. The van der Waals surface area contributed by atoms with Crippen molar-refractivity contribution < 1.29 is 0 Å². The highest BCUT2D eigenvalue weighted by Gasteiger charge is 2.08. The van der Waals surface area contributed by atoms with Gasteiger partial charge < -0.3 is 0 Å². The van der Waals surface area contributed by atoms with E-state index in [9.17, 15) is 0 Å². The van der Waals surface area contributed by atoms with E-state index in [0.717, 1.165) is 6.42 Å². The molecule has 0 fully saturated rings. The van der Waals surface area contributed by atoms with Crippen molar-refractivity contribution >= 4 is 0 Å². The zero-order valence-corrected chi connectivity index (χ0v) is 8.52. The summed E-state index contributed by atoms with van der Waals surface area (Å²) in [5, 5.41) is 0. The fourth-order valence-corrected chi connectivity index (χ4v) is 1.91. The zero-order valence-electron chi connectivity index (χ0n) is 8.52. The van der Waals surface area contributed by atoms with Crippen molar-refractivity contribution in [3.05, 3.63) is 34.9 Å². The van der Waals surface area contributed by atoms with Crippen LogP contribution in [-0.2, 0) is 0 Å². The van der Waals surface area contributed by atoms with Crippen LogP contribution in [0.15, 0.2) is 34.9 Å². The maximum absolute atomic E-state index is 2.31. The van der Waals surface area contributed by atoms with Crippen LogP contribution in [0.1, 0.15) is 34.1 Å². The summed E-state index contributed by atoms with van der Waals surface area (Å²) in [4.78, 5) is 0. The van der Waals surface area contributed by atoms with E-state index in [-0.39, 0.29) is 0 Å². The molecule has 0 N–H and O–H groups in total. The lowest BCUT2D eigenvalue weighted by Crippen LogP contribution is -1.97. The van der Waals surface area contributed by atoms with Crippen molar-refractivity contribution in [1.29, 1.82) is 0 Å². The van der Waals surface area contributed by atoms with Crippen LogP contribution >= 0.6 is 0 Å². The molecular weight excluding hydrogens is 144 g/mol. The van der Waals surface area contributed by atoms with Gasteiger partial charge >= 0.3 is 0 Å². The molecule has 0 nitrogen and oxygen atoms in total. The van der Waals surface area contributed by atoms with Gasteiger partial charge in [-0.25, -0.2) is 0 Å². The molecule has 1 aliphatic carbocycles. The number of allylic oxidation sites excluding steroid dienone is 6. The molecule has 0 unspecified atom stereocenters. The Morgan fingerprint density at radius 2 is 1.92 bits per heavy atom. The van der Waals surface area contributed by atoms with Gasteiger partial charge in [0.25, 0.3) is 0 Å². The number of hydrogen-bond acceptors (Lipinski definition) is 0. The van der Waals surface area contributed by atoms with Gasteiger partial charge in [0.2, 0.25) is 0 Å². The monoisotopic (exact) mass is 162 g/mol. The first kappa shape index (κ1) is 9.31. The highest BCUT2D eigenvalue weighted by Crippen LogP contribution is 2.26. The average Bonchev–Trinajstić information content (AvgIpc) is 2.11. The second-order valence-electron chi connectivity index (χ2n) is 3.78. The number of hydrogen-bond donors (Lipinski definition) is 0. The summed E-state index contributed by atoms with van der Waals surface area (Å²) in [6.45, 7) is 8.94. The first-order valence-electron chi connectivity index (χ1n) is 4.67. The fraction of sp³-hybridized carbons (Fsp3) is 0.500. The summed E-state index contributed by atoms with van der Waals surface area (Å²) >= 11 is 0. The minimum atomic E-state index is 0.643. The molecule has 0 radical (unpaired) electrons. The summed E-state index contributed by atoms with van der Waals surface area (Å²) in [6, 6.07) is 0. The molecule has 1 aliphatic rings. The molecule has 0 spiro atoms. The van der Waals surface area contributed by atoms with E-state index in [0.29, 0.717) is 5.92 Å². The van der Waals surface area contributed by atoms with Crippen LogP contribution in [0, 0.1) is 5.92 Å². The number of rotatable bonds is 1. The fourth-order valence-electron chi connectivity index (χ4n) is 1.91. The lowest BCUT2D eigenvalue weighted by Gasteiger charge is -2.13. The van der Waals surface area contributed by atoms with Crippen molar-refractivity contribution in [1.82, 2.24) is 0 Å². The smallest absolute Gasteiger partial charge is 0.0160 e. The third kappa shape index (κ3) is 1.88. The quantitative estimate of drug-likeness (QED) is 0.549. The maximum Gasteiger partial charge on any atom is -0.0160 e. The molecule has 0 aromatic carbocycles. The van der Waals surface area contributed by atoms with E-state index in [4.69, 9.17) is 0 Å². The first-order valence-corrected chi connectivity index (χ1v) is 4.67. The molecule has 0 atom stereocenters. The van der Waals surface area contributed by atoms with Gasteiger partial charge in [-0.05, 0) is 37.3 Å². The molecule has 0 heteroatoms. The largest absolute Gasteiger partial charge is 0.0805 e. The first-order chi connectivity index (χ1) is 5.63. The molecular formula is C12H18. The van der Waals surface area contributed by atoms with Crippen LogP contribution in [0.25, 0.3) is 0 Å². The van der Waals surface area contributed by atoms with E-state index in [1.54, 1.807) is 0 Å². The molecule has 0 aromatic heterocycles. The van der Waals surface area contributed by atoms with Gasteiger partial charge in [-0.1, -0.05) is 37.6 Å². The Morgan fingerprint density at radius 3 is 2.50 bits per heavy atom. The Labute approximate surface area is 75.7 Å². The van der Waals surface area contributed by atoms with Gasteiger partial charge in [0.15, 0.2) is 0 Å². The molecule has 0 bridgehead atoms. The van der Waals surface area contributed by atoms with Gasteiger partial charge in [0.1, 0.15) is 0 Å². The van der Waals surface area contributed by atoms with Gasteiger partial charge in [0.05, 0.1) is 0 Å². The van der Waals surface area contributed by atoms with Crippen LogP contribution in [0.4, 0.5) is 0 Å². The van der Waals surface area contributed by atoms with Crippen LogP contribution < -0.4 is 0 Å². The Balaban J connectivity index is 3.09. The van der Waals surface area contributed by atoms with Crippen LogP contribution in [0.5, 0.6) is 0 Å². The standard InChI is InChI=1S/C12H18/c1-9(2)12-10(3)7-5-6-8-11(12)4/h5,7-9H,6H2,1-4H3. The highest BCUT2D eigenvalue weighted by atomic mass is 14.1. The second-order valence-corrected chi connectivity index (χ2v) is 3.78. The van der Waals surface area contributed by atoms with E-state index in [2.05, 4.69) is 45.9 Å². The van der Waals surface area contributed by atoms with Gasteiger partial charge in [-0.2, -0.15) is 0 Å². The second kappa shape index (κ2) is 3.75. The summed E-state index contributed by atoms with van der Waals surface area (Å²) < 4.78 is 0. The molecule has 12 heavy (non-hydrogen) atoms. The van der Waals surface area contributed by atoms with Crippen molar-refractivity contribution in [2.45, 2.75) is 34.1 Å². The average molecular weight is 162 g/mol. The molecule has 0 aliphatic heterocycles. The molecule has 0 aromatic rings. The third-order valence-electron chi connectivity index (χ3n) is 2.36. The van der Waals surface area contributed by atoms with Crippen LogP contribution in [0.3, 0.4) is 0 Å². The van der Waals surface area contributed by atoms with Gasteiger partial charge in [-0.15, -0.1) is 0 Å². The Hall–Kier alpha value is -0.780. The summed E-state index contributed by atoms with van der Waals surface area (Å²) in [5.41, 5.74) is 4.40. The van der Waals surface area contributed by atoms with E-state index >= 15 is 0 Å². The zero-order chi connectivity index (χ0) is 9.14. The normalized spacial score (nSPS) is 18.2. The molecule has 1 rings (SSSR count). The predicted molar refractivity (Wildman–Crippen MR) is 55.1 cm³/mol. The summed E-state index contributed by atoms with van der Waals surface area (Å²) in [5.74, 6) is 0.643. The van der Waals surface area contributed by atoms with E-state index in [1.807, 2.05) is 0 Å². The summed E-state index contributed by atoms with van der Waals surface area (Å²) in [6.07, 6.45) is 7.86. The van der Waals surface area contributed by atoms with Gasteiger partial charge in [-0.3, -0.25) is 0 Å². The Bertz CT molecular complexity index is 249. The lowest BCUT2D eigenvalue weighted by molar-refractivity contribution is 0.769. The van der Waals surface area contributed by atoms with Crippen molar-refractivity contribution in [3.63, 3.8) is 0 Å². The Morgan fingerprint density at radius 1 is 1.25 bits per heavy atom. The molecule has 0 saturated heterocycles. The van der Waals surface area contributed by atoms with E-state index in [1.165, 1.54) is 16.7 Å². The highest BCUT2D eigenvalue weighted by molar-refractivity contribution is 5.41. The topological polar surface area (TPSA) is 0 Å². The minimum Gasteiger partial charge on any atom is -0.0805 e. The van der Waals surface area contributed by atoms with Crippen molar-refractivity contribution in [2.24, 2.45) is 5.92 Å². The Kier molecular flexibility index (Phi) is 2.91. The minimum absolute atomic E-state index is 0.643. The molecule has 0 amide bonds. The summed E-state index contributed by atoms with van der Waals surface area (Å²) in [7, 11) is 0. The van der Waals surface area contributed by atoms with Crippen LogP contribution in [-0.4, -0.2) is 0 Å². The maximum atomic E-state index is 2.31. The molecule has 0 saturated carbocycles. The molecule has 0 heterocycles. The van der Waals surface area contributed by atoms with E-state index < -0.39 is 0 Å². The van der Waals surface area contributed by atoms with Crippen molar-refractivity contribution in [3.8, 4) is 0 Å². The third-order valence-corrected chi connectivity index (χ3v) is 2.36. The van der Waals surface area contributed by atoms with Crippen molar-refractivity contribution in [2.75, 3.05) is 0 Å². The van der Waals surface area contributed by atoms with Gasteiger partial charge in [0, 0.05) is 0 Å². The predicted octanol–water partition coefficient (Wildman–Crippen LogP) is 3.87. The van der Waals surface area contributed by atoms with Crippen LogP contribution in [0.2, 0.25) is 0 Å². The lowest BCUT2D eigenvalue weighted by atomic mass is 9.92.